The molecule has 1 saturated carbocycles. The number of carbonyl (C=O) groups is 1. The van der Waals surface area contributed by atoms with Gasteiger partial charge in [-0.1, -0.05) is 31.4 Å². The molecule has 1 heterocycles. The van der Waals surface area contributed by atoms with Gasteiger partial charge in [-0.3, -0.25) is 9.63 Å². The van der Waals surface area contributed by atoms with E-state index in [1.165, 1.54) is 0 Å². The lowest BCUT2D eigenvalue weighted by atomic mass is 9.94. The van der Waals surface area contributed by atoms with Gasteiger partial charge in [0.15, 0.2) is 5.82 Å². The first-order valence-corrected chi connectivity index (χ1v) is 11.8. The predicted molar refractivity (Wildman–Crippen MR) is 133 cm³/mol. The fraction of sp³-hybridized carbons (Fsp3) is 0.440. The maximum atomic E-state index is 15.8. The quantitative estimate of drug-likeness (QED) is 0.231. The van der Waals surface area contributed by atoms with Crippen LogP contribution in [0, 0.1) is 18.7 Å². The molecule has 1 aliphatic carbocycles. The molecule has 0 aliphatic heterocycles. The summed E-state index contributed by atoms with van der Waals surface area (Å²) in [5.41, 5.74) is 5.56. The summed E-state index contributed by atoms with van der Waals surface area (Å²) in [6.07, 6.45) is 4.67. The summed E-state index contributed by atoms with van der Waals surface area (Å²) >= 11 is 0. The Morgan fingerprint density at radius 1 is 1.32 bits per heavy atom. The van der Waals surface area contributed by atoms with Gasteiger partial charge in [-0.15, -0.1) is 0 Å². The van der Waals surface area contributed by atoms with Crippen LogP contribution >= 0.6 is 0 Å². The summed E-state index contributed by atoms with van der Waals surface area (Å²) in [4.78, 5) is 22.8. The van der Waals surface area contributed by atoms with Crippen molar-refractivity contribution in [2.45, 2.75) is 52.6 Å². The number of hydrogen-bond acceptors (Lipinski definition) is 5. The Kier molecular flexibility index (Phi) is 7.53. The molecular formula is C25H31BFN5O2. The molecule has 1 aromatic heterocycles. The monoisotopic (exact) mass is 463 g/mol. The van der Waals surface area contributed by atoms with E-state index in [1.54, 1.807) is 30.6 Å². The first kappa shape index (κ1) is 24.2. The van der Waals surface area contributed by atoms with E-state index < -0.39 is 11.7 Å². The Bertz CT molecular complexity index is 1180. The van der Waals surface area contributed by atoms with Crippen molar-refractivity contribution in [1.29, 1.82) is 0 Å². The lowest BCUT2D eigenvalue weighted by molar-refractivity contribution is 0.0271. The van der Waals surface area contributed by atoms with E-state index >= 15 is 4.39 Å². The van der Waals surface area contributed by atoms with Crippen LogP contribution in [0.5, 0.6) is 0 Å². The van der Waals surface area contributed by atoms with E-state index in [9.17, 15) is 4.79 Å². The van der Waals surface area contributed by atoms with Crippen LogP contribution in [-0.4, -0.2) is 42.5 Å². The average molecular weight is 463 g/mol. The van der Waals surface area contributed by atoms with E-state index in [0.717, 1.165) is 31.4 Å². The molecule has 0 saturated heterocycles. The average Bonchev–Trinajstić information content (AvgIpc) is 3.52. The zero-order valence-corrected chi connectivity index (χ0v) is 20.0. The lowest BCUT2D eigenvalue weighted by Gasteiger charge is -2.16. The van der Waals surface area contributed by atoms with Gasteiger partial charge in [0.2, 0.25) is 0 Å². The topological polar surface area (TPSA) is 80.2 Å². The van der Waals surface area contributed by atoms with Crippen LogP contribution in [0.15, 0.2) is 30.6 Å². The number of fused-ring (bicyclic) bond motifs is 1. The number of nitrogens with zero attached hydrogens (tertiary/aromatic N) is 2. The first-order valence-electron chi connectivity index (χ1n) is 11.8. The van der Waals surface area contributed by atoms with Crippen molar-refractivity contribution in [3.05, 3.63) is 47.5 Å². The van der Waals surface area contributed by atoms with Crippen LogP contribution in [0.3, 0.4) is 0 Å². The van der Waals surface area contributed by atoms with Crippen molar-refractivity contribution < 1.29 is 14.0 Å². The molecule has 0 unspecified atom stereocenters. The van der Waals surface area contributed by atoms with Crippen molar-refractivity contribution in [3.63, 3.8) is 0 Å². The molecule has 1 aliphatic rings. The zero-order chi connectivity index (χ0) is 24.2. The van der Waals surface area contributed by atoms with Gasteiger partial charge < -0.3 is 15.2 Å². The van der Waals surface area contributed by atoms with Gasteiger partial charge in [0.1, 0.15) is 13.4 Å². The van der Waals surface area contributed by atoms with Crippen molar-refractivity contribution in [2.75, 3.05) is 18.5 Å². The van der Waals surface area contributed by atoms with Gasteiger partial charge in [0, 0.05) is 18.3 Å². The van der Waals surface area contributed by atoms with Gasteiger partial charge in [0.25, 0.3) is 5.91 Å². The van der Waals surface area contributed by atoms with Crippen LogP contribution in [0.4, 0.5) is 15.8 Å². The predicted octanol–water partition coefficient (Wildman–Crippen LogP) is 3.48. The molecule has 2 aromatic carbocycles. The Balaban J connectivity index is 1.66. The number of halogens is 1. The molecule has 3 aromatic rings. The molecule has 1 fully saturated rings. The van der Waals surface area contributed by atoms with Crippen LogP contribution in [-0.2, 0) is 11.4 Å². The molecule has 0 atom stereocenters. The third-order valence-electron chi connectivity index (χ3n) is 5.92. The van der Waals surface area contributed by atoms with Gasteiger partial charge in [-0.25, -0.2) is 14.9 Å². The largest absolute Gasteiger partial charge is 0.352 e. The highest BCUT2D eigenvalue weighted by Gasteiger charge is 2.25. The van der Waals surface area contributed by atoms with E-state index in [1.807, 2.05) is 11.5 Å². The molecule has 0 spiro atoms. The van der Waals surface area contributed by atoms with Crippen LogP contribution in [0.2, 0.25) is 0 Å². The highest BCUT2D eigenvalue weighted by atomic mass is 19.1. The number of amides is 1. The normalized spacial score (nSPS) is 13.6. The fourth-order valence-electron chi connectivity index (χ4n) is 3.80. The molecule has 9 heteroatoms. The van der Waals surface area contributed by atoms with Crippen LogP contribution in [0.25, 0.3) is 11.0 Å². The third kappa shape index (κ3) is 5.77. The molecule has 4 rings (SSSR count). The second-order valence-electron chi connectivity index (χ2n) is 9.27. The standard InChI is InChI=1S/C25H31BFN5O2/c1-15(2)28-9-4-10-32-14-29-24-21(32)12-19(25(33)31-34-13-17-5-6-17)23(22(24)27)30-20-8-7-18(26)11-16(20)3/h7-8,11-12,14-15,17,28,30H,4-6,9-10,13H2,1-3H3,(H,31,33). The molecule has 1 amide bonds. The molecule has 7 nitrogen and oxygen atoms in total. The van der Waals surface area contributed by atoms with Crippen LogP contribution < -0.4 is 21.6 Å². The highest BCUT2D eigenvalue weighted by molar-refractivity contribution is 6.32. The number of nitrogens with one attached hydrogen (secondary N) is 3. The number of rotatable bonds is 11. The number of hydroxylamine groups is 1. The minimum absolute atomic E-state index is 0.0552. The van der Waals surface area contributed by atoms with E-state index in [2.05, 4.69) is 34.9 Å². The molecule has 3 N–H and O–H groups in total. The van der Waals surface area contributed by atoms with Crippen molar-refractivity contribution >= 4 is 41.6 Å². The van der Waals surface area contributed by atoms with Gasteiger partial charge in [-0.2, -0.15) is 0 Å². The minimum atomic E-state index is -0.583. The van der Waals surface area contributed by atoms with Crippen molar-refractivity contribution in [1.82, 2.24) is 20.3 Å². The Morgan fingerprint density at radius 2 is 2.12 bits per heavy atom. The fourth-order valence-corrected chi connectivity index (χ4v) is 3.80. The minimum Gasteiger partial charge on any atom is -0.352 e. The maximum absolute atomic E-state index is 15.8. The lowest BCUT2D eigenvalue weighted by Crippen LogP contribution is -2.26. The number of aromatic nitrogens is 2. The molecule has 0 bridgehead atoms. The summed E-state index contributed by atoms with van der Waals surface area (Å²) in [6.45, 7) is 7.99. The molecular weight excluding hydrogens is 432 g/mol. The second-order valence-corrected chi connectivity index (χ2v) is 9.27. The Morgan fingerprint density at radius 3 is 2.82 bits per heavy atom. The summed E-state index contributed by atoms with van der Waals surface area (Å²) in [7, 11) is 5.86. The number of anilines is 2. The molecule has 34 heavy (non-hydrogen) atoms. The number of benzene rings is 2. The summed E-state index contributed by atoms with van der Waals surface area (Å²) in [5.74, 6) is -0.609. The van der Waals surface area contributed by atoms with E-state index in [-0.39, 0.29) is 16.8 Å². The molecule has 178 valence electrons. The Labute approximate surface area is 200 Å². The number of imidazole rings is 1. The number of hydrogen-bond donors (Lipinski definition) is 3. The van der Waals surface area contributed by atoms with Crippen molar-refractivity contribution in [2.24, 2.45) is 5.92 Å². The van der Waals surface area contributed by atoms with Gasteiger partial charge in [0.05, 0.1) is 29.7 Å². The first-order chi connectivity index (χ1) is 16.3. The zero-order valence-electron chi connectivity index (χ0n) is 20.0. The number of carbonyl (C=O) groups excluding carboxylic acids is 1. The second kappa shape index (κ2) is 10.6. The summed E-state index contributed by atoms with van der Waals surface area (Å²) < 4.78 is 17.6. The van der Waals surface area contributed by atoms with Crippen LogP contribution in [0.1, 0.15) is 49.0 Å². The maximum Gasteiger partial charge on any atom is 0.277 e. The summed E-state index contributed by atoms with van der Waals surface area (Å²) in [6, 6.07) is 7.35. The van der Waals surface area contributed by atoms with E-state index in [4.69, 9.17) is 12.7 Å². The molecule has 2 radical (unpaired) electrons. The summed E-state index contributed by atoms with van der Waals surface area (Å²) in [5, 5.41) is 6.46. The van der Waals surface area contributed by atoms with Gasteiger partial charge in [-0.05, 0) is 56.3 Å². The smallest absolute Gasteiger partial charge is 0.277 e. The van der Waals surface area contributed by atoms with Crippen molar-refractivity contribution in [3.8, 4) is 0 Å². The Hall–Kier alpha value is -2.91. The van der Waals surface area contributed by atoms with E-state index in [0.29, 0.717) is 41.8 Å². The third-order valence-corrected chi connectivity index (χ3v) is 5.92. The van der Waals surface area contributed by atoms with Gasteiger partial charge >= 0.3 is 0 Å². The highest BCUT2D eigenvalue weighted by Crippen LogP contribution is 2.32. The SMILES string of the molecule is [B]c1ccc(Nc2c(C(=O)NOCC3CC3)cc3c(ncn3CCCNC(C)C)c2F)c(C)c1. The number of aryl methyl sites for hydroxylation is 2.